The van der Waals surface area contributed by atoms with Gasteiger partial charge in [0.25, 0.3) is 0 Å². The van der Waals surface area contributed by atoms with E-state index in [-0.39, 0.29) is 11.7 Å². The number of carboxylic acid groups (broad SMARTS) is 1. The zero-order valence-electron chi connectivity index (χ0n) is 11.3. The second kappa shape index (κ2) is 6.60. The first-order valence-corrected chi connectivity index (χ1v) is 6.11. The van der Waals surface area contributed by atoms with Crippen LogP contribution in [-0.2, 0) is 9.59 Å². The highest BCUT2D eigenvalue weighted by Gasteiger charge is 2.22. The largest absolute Gasteiger partial charge is 0.508 e. The summed E-state index contributed by atoms with van der Waals surface area (Å²) in [7, 11) is 0. The van der Waals surface area contributed by atoms with E-state index in [0.717, 1.165) is 0 Å². The van der Waals surface area contributed by atoms with Crippen molar-refractivity contribution in [3.63, 3.8) is 0 Å². The lowest BCUT2D eigenvalue weighted by Crippen LogP contribution is -2.43. The molecule has 0 saturated heterocycles. The predicted octanol–water partition coefficient (Wildman–Crippen LogP) is 1.21. The molecule has 0 aliphatic rings. The molecule has 0 bridgehead atoms. The van der Waals surface area contributed by atoms with E-state index in [1.807, 2.05) is 0 Å². The summed E-state index contributed by atoms with van der Waals surface area (Å²) in [5, 5.41) is 20.7. The second-order valence-corrected chi connectivity index (χ2v) is 4.72. The summed E-state index contributed by atoms with van der Waals surface area (Å²) in [6.45, 7) is 3.41. The minimum absolute atomic E-state index is 0.0323. The first-order chi connectivity index (χ1) is 9.31. The number of nitrogens with one attached hydrogen (secondary N) is 1. The van der Waals surface area contributed by atoms with Crippen LogP contribution >= 0.6 is 0 Å². The van der Waals surface area contributed by atoms with Gasteiger partial charge in [0.15, 0.2) is 0 Å². The quantitative estimate of drug-likeness (QED) is 0.367. The highest BCUT2D eigenvalue weighted by molar-refractivity contribution is 5.95. The molecule has 1 aromatic carbocycles. The molecule has 0 saturated carbocycles. The number of amides is 1. The van der Waals surface area contributed by atoms with Gasteiger partial charge in [0.1, 0.15) is 11.8 Å². The van der Waals surface area contributed by atoms with Crippen LogP contribution in [0.5, 0.6) is 5.75 Å². The van der Waals surface area contributed by atoms with Crippen molar-refractivity contribution in [1.29, 1.82) is 0 Å². The minimum atomic E-state index is -1.08. The van der Waals surface area contributed by atoms with E-state index in [1.165, 1.54) is 30.4 Å². The van der Waals surface area contributed by atoms with E-state index in [2.05, 4.69) is 5.32 Å². The Balaban J connectivity index is 2.77. The fraction of sp³-hybridized carbons (Fsp3) is 0.286. The van der Waals surface area contributed by atoms with Gasteiger partial charge in [-0.1, -0.05) is 13.8 Å². The van der Waals surface area contributed by atoms with Gasteiger partial charge in [0, 0.05) is 17.3 Å². The number of carbonyl (C=O) groups is 2. The molecule has 0 aromatic heterocycles. The number of phenolic OH excluding ortho intramolecular Hbond substituents is 1. The van der Waals surface area contributed by atoms with Crippen molar-refractivity contribution in [2.24, 2.45) is 5.92 Å². The van der Waals surface area contributed by atoms with E-state index in [1.54, 1.807) is 13.8 Å². The average molecular weight is 278 g/mol. The van der Waals surface area contributed by atoms with Crippen molar-refractivity contribution in [2.75, 3.05) is 5.73 Å². The fourth-order valence-electron chi connectivity index (χ4n) is 1.59. The lowest BCUT2D eigenvalue weighted by atomic mass is 10.0. The van der Waals surface area contributed by atoms with Crippen molar-refractivity contribution in [3.05, 3.63) is 29.8 Å². The molecule has 20 heavy (non-hydrogen) atoms. The maximum absolute atomic E-state index is 11.7. The number of phenols is 1. The van der Waals surface area contributed by atoms with Gasteiger partial charge in [0.05, 0.1) is 0 Å². The van der Waals surface area contributed by atoms with Crippen LogP contribution < -0.4 is 11.1 Å². The zero-order valence-corrected chi connectivity index (χ0v) is 11.3. The Kier molecular flexibility index (Phi) is 5.14. The molecule has 1 atom stereocenters. The minimum Gasteiger partial charge on any atom is -0.508 e. The number of carboxylic acids is 1. The molecule has 0 heterocycles. The lowest BCUT2D eigenvalue weighted by Gasteiger charge is -2.16. The third kappa shape index (κ3) is 4.31. The van der Waals surface area contributed by atoms with E-state index in [4.69, 9.17) is 10.8 Å². The number of aromatic hydroxyl groups is 1. The second-order valence-electron chi connectivity index (χ2n) is 4.72. The van der Waals surface area contributed by atoms with Gasteiger partial charge in [-0.25, -0.2) is 4.79 Å². The Morgan fingerprint density at radius 2 is 2.00 bits per heavy atom. The zero-order chi connectivity index (χ0) is 15.3. The third-order valence-corrected chi connectivity index (χ3v) is 2.72. The summed E-state index contributed by atoms with van der Waals surface area (Å²) in [6.07, 6.45) is 2.60. The third-order valence-electron chi connectivity index (χ3n) is 2.72. The molecule has 0 aliphatic carbocycles. The van der Waals surface area contributed by atoms with E-state index < -0.39 is 17.9 Å². The number of benzene rings is 1. The number of nitrogens with two attached hydrogens (primary N) is 1. The standard InChI is InChI=1S/C14H18N2O4/c1-8(2)13(14(19)20)16-12(18)6-3-9-7-10(17)4-5-11(9)15/h3-8,13,17H,15H2,1-2H3,(H,16,18)(H,19,20). The van der Waals surface area contributed by atoms with Crippen LogP contribution in [0.2, 0.25) is 0 Å². The molecule has 1 aromatic rings. The molecular weight excluding hydrogens is 260 g/mol. The van der Waals surface area contributed by atoms with Crippen LogP contribution in [0.15, 0.2) is 24.3 Å². The van der Waals surface area contributed by atoms with Crippen molar-refractivity contribution in [3.8, 4) is 5.75 Å². The summed E-state index contributed by atoms with van der Waals surface area (Å²) in [6, 6.07) is 3.41. The SMILES string of the molecule is CC(C)C(NC(=O)C=Cc1cc(O)ccc1N)C(=O)O. The number of anilines is 1. The average Bonchev–Trinajstić information content (AvgIpc) is 2.36. The molecule has 6 nitrogen and oxygen atoms in total. The molecule has 1 unspecified atom stereocenters. The molecule has 0 aliphatic heterocycles. The van der Waals surface area contributed by atoms with E-state index in [9.17, 15) is 14.7 Å². The summed E-state index contributed by atoms with van der Waals surface area (Å²) in [4.78, 5) is 22.6. The number of hydrogen-bond donors (Lipinski definition) is 4. The highest BCUT2D eigenvalue weighted by atomic mass is 16.4. The summed E-state index contributed by atoms with van der Waals surface area (Å²) >= 11 is 0. The molecular formula is C14H18N2O4. The Labute approximate surface area is 116 Å². The molecule has 1 amide bonds. The van der Waals surface area contributed by atoms with Crippen molar-refractivity contribution in [1.82, 2.24) is 5.32 Å². The molecule has 0 fully saturated rings. The molecule has 1 rings (SSSR count). The van der Waals surface area contributed by atoms with Crippen LogP contribution in [0.4, 0.5) is 5.69 Å². The molecule has 108 valence electrons. The van der Waals surface area contributed by atoms with Gasteiger partial charge in [-0.3, -0.25) is 4.79 Å². The molecule has 6 heteroatoms. The Bertz CT molecular complexity index is 538. The van der Waals surface area contributed by atoms with Crippen LogP contribution in [0.25, 0.3) is 6.08 Å². The topological polar surface area (TPSA) is 113 Å². The van der Waals surface area contributed by atoms with E-state index in [0.29, 0.717) is 11.3 Å². The lowest BCUT2D eigenvalue weighted by molar-refractivity contribution is -0.142. The smallest absolute Gasteiger partial charge is 0.326 e. The summed E-state index contributed by atoms with van der Waals surface area (Å²) in [5.74, 6) is -1.81. The van der Waals surface area contributed by atoms with Crippen molar-refractivity contribution < 1.29 is 19.8 Å². The highest BCUT2D eigenvalue weighted by Crippen LogP contribution is 2.19. The first-order valence-electron chi connectivity index (χ1n) is 6.11. The van der Waals surface area contributed by atoms with Crippen LogP contribution in [0.1, 0.15) is 19.4 Å². The van der Waals surface area contributed by atoms with Gasteiger partial charge in [-0.05, 0) is 30.2 Å². The van der Waals surface area contributed by atoms with Gasteiger partial charge < -0.3 is 21.3 Å². The van der Waals surface area contributed by atoms with Gasteiger partial charge >= 0.3 is 5.97 Å². The Morgan fingerprint density at radius 1 is 1.35 bits per heavy atom. The monoisotopic (exact) mass is 278 g/mol. The number of nitrogen functional groups attached to an aromatic ring is 1. The maximum Gasteiger partial charge on any atom is 0.326 e. The Hall–Kier alpha value is -2.50. The Morgan fingerprint density at radius 3 is 2.55 bits per heavy atom. The summed E-state index contributed by atoms with van der Waals surface area (Å²) < 4.78 is 0. The van der Waals surface area contributed by atoms with Crippen molar-refractivity contribution in [2.45, 2.75) is 19.9 Å². The van der Waals surface area contributed by atoms with Crippen molar-refractivity contribution >= 4 is 23.6 Å². The van der Waals surface area contributed by atoms with Gasteiger partial charge in [0.2, 0.25) is 5.91 Å². The normalized spacial score (nSPS) is 12.6. The first kappa shape index (κ1) is 15.6. The molecule has 0 spiro atoms. The molecule has 5 N–H and O–H groups in total. The maximum atomic E-state index is 11.7. The summed E-state index contributed by atoms with van der Waals surface area (Å²) in [5.41, 5.74) is 6.58. The number of aliphatic carboxylic acids is 1. The van der Waals surface area contributed by atoms with Gasteiger partial charge in [-0.2, -0.15) is 0 Å². The predicted molar refractivity (Wildman–Crippen MR) is 76.0 cm³/mol. The van der Waals surface area contributed by atoms with Crippen LogP contribution in [-0.4, -0.2) is 28.1 Å². The van der Waals surface area contributed by atoms with Crippen LogP contribution in [0.3, 0.4) is 0 Å². The number of rotatable bonds is 5. The number of carbonyl (C=O) groups excluding carboxylic acids is 1. The number of hydrogen-bond acceptors (Lipinski definition) is 4. The van der Waals surface area contributed by atoms with Crippen LogP contribution in [0, 0.1) is 5.92 Å². The molecule has 0 radical (unpaired) electrons. The fourth-order valence-corrected chi connectivity index (χ4v) is 1.59. The van der Waals surface area contributed by atoms with Gasteiger partial charge in [-0.15, -0.1) is 0 Å². The van der Waals surface area contributed by atoms with E-state index >= 15 is 0 Å².